The van der Waals surface area contributed by atoms with Crippen molar-refractivity contribution in [1.29, 1.82) is 0 Å². The molecule has 0 amide bonds. The predicted molar refractivity (Wildman–Crippen MR) is 89.2 cm³/mol. The summed E-state index contributed by atoms with van der Waals surface area (Å²) in [5.74, 6) is 0.213. The van der Waals surface area contributed by atoms with Gasteiger partial charge in [0.05, 0.1) is 10.0 Å². The van der Waals surface area contributed by atoms with Gasteiger partial charge in [-0.15, -0.1) is 0 Å². The molecule has 0 unspecified atom stereocenters. The molecule has 0 bridgehead atoms. The van der Waals surface area contributed by atoms with E-state index in [2.05, 4.69) is 5.32 Å². The summed E-state index contributed by atoms with van der Waals surface area (Å²) in [4.78, 5) is 1.79. The Balaban J connectivity index is 2.11. The summed E-state index contributed by atoms with van der Waals surface area (Å²) < 4.78 is 0. The van der Waals surface area contributed by atoms with Crippen LogP contribution in [0.4, 0.5) is 11.4 Å². The smallest absolute Gasteiger partial charge is 0.177 e. The quantitative estimate of drug-likeness (QED) is 0.794. The van der Waals surface area contributed by atoms with Crippen molar-refractivity contribution in [1.82, 2.24) is 0 Å². The van der Waals surface area contributed by atoms with E-state index in [1.807, 2.05) is 7.05 Å². The Kier molecular flexibility index (Phi) is 4.70. The molecule has 20 heavy (non-hydrogen) atoms. The van der Waals surface area contributed by atoms with Gasteiger partial charge in [-0.3, -0.25) is 0 Å². The third-order valence-electron chi connectivity index (χ3n) is 2.71. The molecule has 0 aliphatic rings. The summed E-state index contributed by atoms with van der Waals surface area (Å²) >= 11 is 17.1. The van der Waals surface area contributed by atoms with Gasteiger partial charge in [0.2, 0.25) is 0 Å². The van der Waals surface area contributed by atoms with E-state index < -0.39 is 0 Å². The number of phenolic OH excluding ortho intramolecular Hbond substituents is 1. The lowest BCUT2D eigenvalue weighted by atomic mass is 10.3. The zero-order valence-corrected chi connectivity index (χ0v) is 12.9. The maximum absolute atomic E-state index is 9.27. The number of rotatable bonds is 2. The number of benzene rings is 2. The molecular formula is C14H12Cl2N2OS. The highest BCUT2D eigenvalue weighted by molar-refractivity contribution is 7.80. The maximum atomic E-state index is 9.27. The molecule has 6 heteroatoms. The molecule has 0 atom stereocenters. The van der Waals surface area contributed by atoms with E-state index in [1.54, 1.807) is 47.4 Å². The van der Waals surface area contributed by atoms with Crippen LogP contribution < -0.4 is 10.2 Å². The van der Waals surface area contributed by atoms with E-state index in [4.69, 9.17) is 35.4 Å². The van der Waals surface area contributed by atoms with Gasteiger partial charge in [0, 0.05) is 18.4 Å². The van der Waals surface area contributed by atoms with E-state index >= 15 is 0 Å². The zero-order chi connectivity index (χ0) is 14.7. The Hall–Kier alpha value is -1.49. The minimum atomic E-state index is 0.213. The van der Waals surface area contributed by atoms with Crippen molar-refractivity contribution in [2.75, 3.05) is 17.3 Å². The number of anilines is 2. The number of hydrogen-bond acceptors (Lipinski definition) is 2. The molecule has 2 rings (SSSR count). The number of nitrogens with one attached hydrogen (secondary N) is 1. The zero-order valence-electron chi connectivity index (χ0n) is 10.6. The van der Waals surface area contributed by atoms with Crippen LogP contribution >= 0.6 is 35.4 Å². The molecule has 2 aromatic carbocycles. The van der Waals surface area contributed by atoms with Crippen LogP contribution in [0, 0.1) is 0 Å². The van der Waals surface area contributed by atoms with Crippen LogP contribution in [0.3, 0.4) is 0 Å². The van der Waals surface area contributed by atoms with Crippen LogP contribution in [0.25, 0.3) is 0 Å². The molecular weight excluding hydrogens is 315 g/mol. The van der Waals surface area contributed by atoms with Crippen molar-refractivity contribution >= 4 is 51.9 Å². The molecule has 0 fully saturated rings. The standard InChI is InChI=1S/C14H12Cl2N2OS/c1-18(10-3-5-11(19)6-4-10)14(20)17-9-2-7-12(15)13(16)8-9/h2-8,19H,1H3,(H,17,20). The minimum Gasteiger partial charge on any atom is -0.508 e. The third-order valence-corrected chi connectivity index (χ3v) is 3.83. The van der Waals surface area contributed by atoms with E-state index in [-0.39, 0.29) is 5.75 Å². The van der Waals surface area contributed by atoms with Crippen molar-refractivity contribution in [3.8, 4) is 5.75 Å². The van der Waals surface area contributed by atoms with Gasteiger partial charge >= 0.3 is 0 Å². The van der Waals surface area contributed by atoms with Crippen LogP contribution in [0.15, 0.2) is 42.5 Å². The normalized spacial score (nSPS) is 10.2. The largest absolute Gasteiger partial charge is 0.508 e. The summed E-state index contributed by atoms with van der Waals surface area (Å²) in [6.07, 6.45) is 0. The van der Waals surface area contributed by atoms with Gasteiger partial charge in [0.1, 0.15) is 5.75 Å². The van der Waals surface area contributed by atoms with Crippen molar-refractivity contribution in [3.05, 3.63) is 52.5 Å². The van der Waals surface area contributed by atoms with Gasteiger partial charge in [0.15, 0.2) is 5.11 Å². The fourth-order valence-electron chi connectivity index (χ4n) is 1.57. The summed E-state index contributed by atoms with van der Waals surface area (Å²) in [6, 6.07) is 12.0. The lowest BCUT2D eigenvalue weighted by molar-refractivity contribution is 0.475. The molecule has 0 saturated heterocycles. The van der Waals surface area contributed by atoms with E-state index in [0.717, 1.165) is 11.4 Å². The fraction of sp³-hybridized carbons (Fsp3) is 0.0714. The number of hydrogen-bond donors (Lipinski definition) is 2. The highest BCUT2D eigenvalue weighted by atomic mass is 35.5. The van der Waals surface area contributed by atoms with Gasteiger partial charge < -0.3 is 15.3 Å². The molecule has 2 N–H and O–H groups in total. The monoisotopic (exact) mass is 326 g/mol. The number of nitrogens with zero attached hydrogens (tertiary/aromatic N) is 1. The molecule has 0 saturated carbocycles. The SMILES string of the molecule is CN(C(=S)Nc1ccc(Cl)c(Cl)c1)c1ccc(O)cc1. The molecule has 104 valence electrons. The second-order valence-electron chi connectivity index (χ2n) is 4.13. The Morgan fingerprint density at radius 1 is 1.10 bits per heavy atom. The summed E-state index contributed by atoms with van der Waals surface area (Å²) in [5.41, 5.74) is 1.62. The molecule has 0 aliphatic carbocycles. The predicted octanol–water partition coefficient (Wildman–Crippen LogP) is 4.53. The van der Waals surface area contributed by atoms with Gasteiger partial charge in [-0.2, -0.15) is 0 Å². The summed E-state index contributed by atoms with van der Waals surface area (Å²) in [6.45, 7) is 0. The van der Waals surface area contributed by atoms with Crippen LogP contribution in [0.2, 0.25) is 10.0 Å². The van der Waals surface area contributed by atoms with Gasteiger partial charge in [-0.1, -0.05) is 23.2 Å². The Morgan fingerprint density at radius 2 is 1.75 bits per heavy atom. The third kappa shape index (κ3) is 3.54. The molecule has 2 aromatic rings. The second kappa shape index (κ2) is 6.31. The molecule has 0 aromatic heterocycles. The highest BCUT2D eigenvalue weighted by Crippen LogP contribution is 2.25. The maximum Gasteiger partial charge on any atom is 0.177 e. The first kappa shape index (κ1) is 14.9. The number of thiocarbonyl (C=S) groups is 1. The molecule has 0 spiro atoms. The van der Waals surface area contributed by atoms with Gasteiger partial charge in [-0.25, -0.2) is 0 Å². The molecule has 0 heterocycles. The van der Waals surface area contributed by atoms with Crippen molar-refractivity contribution in [3.63, 3.8) is 0 Å². The number of phenols is 1. The highest BCUT2D eigenvalue weighted by Gasteiger charge is 2.08. The first-order valence-electron chi connectivity index (χ1n) is 5.76. The van der Waals surface area contributed by atoms with Gasteiger partial charge in [-0.05, 0) is 54.7 Å². The molecule has 3 nitrogen and oxygen atoms in total. The lowest BCUT2D eigenvalue weighted by Gasteiger charge is -2.21. The molecule has 0 radical (unpaired) electrons. The second-order valence-corrected chi connectivity index (χ2v) is 5.34. The molecule has 0 aliphatic heterocycles. The van der Waals surface area contributed by atoms with Crippen LogP contribution in [-0.2, 0) is 0 Å². The van der Waals surface area contributed by atoms with E-state index in [1.165, 1.54) is 0 Å². The van der Waals surface area contributed by atoms with Crippen LogP contribution in [0.5, 0.6) is 5.75 Å². The Labute approximate surface area is 132 Å². The Morgan fingerprint density at radius 3 is 2.35 bits per heavy atom. The first-order valence-corrected chi connectivity index (χ1v) is 6.92. The lowest BCUT2D eigenvalue weighted by Crippen LogP contribution is -2.30. The summed E-state index contributed by atoms with van der Waals surface area (Å²) in [5, 5.41) is 13.8. The van der Waals surface area contributed by atoms with Crippen LogP contribution in [0.1, 0.15) is 0 Å². The van der Waals surface area contributed by atoms with E-state index in [0.29, 0.717) is 15.2 Å². The van der Waals surface area contributed by atoms with Gasteiger partial charge in [0.25, 0.3) is 0 Å². The van der Waals surface area contributed by atoms with Crippen LogP contribution in [-0.4, -0.2) is 17.3 Å². The van der Waals surface area contributed by atoms with Crippen molar-refractivity contribution in [2.45, 2.75) is 0 Å². The average Bonchev–Trinajstić information content (AvgIpc) is 2.43. The topological polar surface area (TPSA) is 35.5 Å². The summed E-state index contributed by atoms with van der Waals surface area (Å²) in [7, 11) is 1.83. The first-order chi connectivity index (χ1) is 9.47. The number of aromatic hydroxyl groups is 1. The van der Waals surface area contributed by atoms with Crippen molar-refractivity contribution < 1.29 is 5.11 Å². The number of halogens is 2. The average molecular weight is 327 g/mol. The van der Waals surface area contributed by atoms with E-state index in [9.17, 15) is 5.11 Å². The Bertz CT molecular complexity index is 632. The minimum absolute atomic E-state index is 0.213. The van der Waals surface area contributed by atoms with Crippen molar-refractivity contribution in [2.24, 2.45) is 0 Å². The fourth-order valence-corrected chi connectivity index (χ4v) is 2.10.